The van der Waals surface area contributed by atoms with E-state index in [1.165, 1.54) is 30.4 Å². The van der Waals surface area contributed by atoms with Crippen molar-refractivity contribution in [3.05, 3.63) is 77.5 Å². The van der Waals surface area contributed by atoms with Crippen molar-refractivity contribution in [3.8, 4) is 23.1 Å². The maximum Gasteiger partial charge on any atom is 0.252 e. The van der Waals surface area contributed by atoms with Crippen LogP contribution in [0.15, 0.2) is 60.8 Å². The van der Waals surface area contributed by atoms with E-state index in [2.05, 4.69) is 51.8 Å². The number of nitrogens with one attached hydrogen (secondary N) is 2. The lowest BCUT2D eigenvalue weighted by Gasteiger charge is -2.23. The second kappa shape index (κ2) is 11.3. The number of benzene rings is 2. The van der Waals surface area contributed by atoms with Crippen LogP contribution in [0.2, 0.25) is 0 Å². The van der Waals surface area contributed by atoms with Crippen LogP contribution in [0.25, 0.3) is 33.1 Å². The van der Waals surface area contributed by atoms with Crippen molar-refractivity contribution in [1.82, 2.24) is 20.2 Å². The van der Waals surface area contributed by atoms with Gasteiger partial charge in [0.15, 0.2) is 0 Å². The number of fused-ring (bicyclic) bond motifs is 2. The summed E-state index contributed by atoms with van der Waals surface area (Å²) in [5, 5.41) is 14.6. The Kier molecular flexibility index (Phi) is 7.40. The van der Waals surface area contributed by atoms with Crippen LogP contribution in [0.4, 0.5) is 0 Å². The highest BCUT2D eigenvalue weighted by molar-refractivity contribution is 6.08. The SMILES string of the molecule is C=C1CC1c1ccc2[nH]cc(-c3cc(C(=O)NCC(O)CN)c4cc(C#CCN5CCCCC5)ccc4n3)c2c1. The molecule has 204 valence electrons. The summed E-state index contributed by atoms with van der Waals surface area (Å²) in [4.78, 5) is 24.2. The zero-order valence-electron chi connectivity index (χ0n) is 22.7. The highest BCUT2D eigenvalue weighted by Crippen LogP contribution is 2.46. The quantitative estimate of drug-likeness (QED) is 0.209. The van der Waals surface area contributed by atoms with Crippen molar-refractivity contribution in [1.29, 1.82) is 0 Å². The van der Waals surface area contributed by atoms with Crippen LogP contribution in [0.5, 0.6) is 0 Å². The highest BCUT2D eigenvalue weighted by Gasteiger charge is 2.29. The van der Waals surface area contributed by atoms with E-state index in [1.807, 2.05) is 30.5 Å². The summed E-state index contributed by atoms with van der Waals surface area (Å²) >= 11 is 0. The molecule has 1 amide bonds. The molecule has 2 unspecified atom stereocenters. The Bertz CT molecular complexity index is 1650. The molecule has 1 saturated heterocycles. The molecule has 2 aromatic heterocycles. The second-order valence-electron chi connectivity index (χ2n) is 10.9. The molecule has 6 rings (SSSR count). The Balaban J connectivity index is 1.38. The number of H-pyrrole nitrogens is 1. The van der Waals surface area contributed by atoms with E-state index in [9.17, 15) is 9.90 Å². The Morgan fingerprint density at radius 1 is 1.18 bits per heavy atom. The molecule has 0 radical (unpaired) electrons. The predicted molar refractivity (Wildman–Crippen MR) is 160 cm³/mol. The molecular weight excluding hydrogens is 498 g/mol. The number of carbonyl (C=O) groups is 1. The summed E-state index contributed by atoms with van der Waals surface area (Å²) in [6.45, 7) is 7.22. The fraction of sp³-hybridized carbons (Fsp3) is 0.333. The third-order valence-electron chi connectivity index (χ3n) is 7.99. The number of carbonyl (C=O) groups excluding carboxylic acids is 1. The fourth-order valence-electron chi connectivity index (χ4n) is 5.51. The van der Waals surface area contributed by atoms with Crippen molar-refractivity contribution in [2.75, 3.05) is 32.7 Å². The number of rotatable bonds is 7. The van der Waals surface area contributed by atoms with Gasteiger partial charge in [0.2, 0.25) is 0 Å². The van der Waals surface area contributed by atoms with Gasteiger partial charge in [0, 0.05) is 52.6 Å². The van der Waals surface area contributed by atoms with E-state index in [1.54, 1.807) is 0 Å². The average molecular weight is 534 g/mol. The minimum Gasteiger partial charge on any atom is -0.390 e. The van der Waals surface area contributed by atoms with Gasteiger partial charge in [0.05, 0.1) is 29.4 Å². The lowest BCUT2D eigenvalue weighted by molar-refractivity contribution is 0.0921. The summed E-state index contributed by atoms with van der Waals surface area (Å²) in [6.07, 6.45) is 5.93. The molecule has 7 nitrogen and oxygen atoms in total. The van der Waals surface area contributed by atoms with E-state index in [0.717, 1.165) is 53.5 Å². The number of aliphatic hydroxyl groups is 1. The molecule has 3 heterocycles. The van der Waals surface area contributed by atoms with Gasteiger partial charge in [0.25, 0.3) is 5.91 Å². The Morgan fingerprint density at radius 3 is 2.77 bits per heavy atom. The molecule has 2 aromatic carbocycles. The lowest BCUT2D eigenvalue weighted by atomic mass is 10.00. The van der Waals surface area contributed by atoms with Gasteiger partial charge in [0.1, 0.15) is 0 Å². The number of hydrogen-bond donors (Lipinski definition) is 4. The van der Waals surface area contributed by atoms with Crippen molar-refractivity contribution >= 4 is 27.7 Å². The molecule has 4 aromatic rings. The molecular formula is C33H35N5O2. The van der Waals surface area contributed by atoms with E-state index in [4.69, 9.17) is 10.7 Å². The van der Waals surface area contributed by atoms with E-state index < -0.39 is 6.10 Å². The number of likely N-dealkylation sites (tertiary alicyclic amines) is 1. The number of nitrogens with zero attached hydrogens (tertiary/aromatic N) is 2. The third-order valence-corrected chi connectivity index (χ3v) is 7.99. The van der Waals surface area contributed by atoms with Crippen LogP contribution in [0.1, 0.15) is 53.1 Å². The van der Waals surface area contributed by atoms with Gasteiger partial charge >= 0.3 is 0 Å². The van der Waals surface area contributed by atoms with Crippen molar-refractivity contribution in [3.63, 3.8) is 0 Å². The number of amides is 1. The topological polar surface area (TPSA) is 107 Å². The van der Waals surface area contributed by atoms with Gasteiger partial charge in [-0.05, 0) is 74.3 Å². The molecule has 2 fully saturated rings. The minimum absolute atomic E-state index is 0.0739. The van der Waals surface area contributed by atoms with Gasteiger partial charge in [-0.1, -0.05) is 36.5 Å². The molecule has 2 aliphatic rings. The van der Waals surface area contributed by atoms with E-state index >= 15 is 0 Å². The molecule has 1 aliphatic heterocycles. The Morgan fingerprint density at radius 2 is 2.00 bits per heavy atom. The van der Waals surface area contributed by atoms with Gasteiger partial charge in [-0.15, -0.1) is 0 Å². The fourth-order valence-corrected chi connectivity index (χ4v) is 5.51. The normalized spacial score (nSPS) is 17.9. The number of aromatic amines is 1. The maximum atomic E-state index is 13.4. The number of allylic oxidation sites excluding steroid dienone is 1. The zero-order valence-corrected chi connectivity index (χ0v) is 22.7. The summed E-state index contributed by atoms with van der Waals surface area (Å²) in [5.74, 6) is 6.72. The Labute approximate surface area is 234 Å². The molecule has 5 N–H and O–H groups in total. The summed E-state index contributed by atoms with van der Waals surface area (Å²) in [6, 6.07) is 14.1. The third kappa shape index (κ3) is 5.52. The van der Waals surface area contributed by atoms with Crippen LogP contribution in [0.3, 0.4) is 0 Å². The first kappa shape index (κ1) is 26.3. The van der Waals surface area contributed by atoms with Crippen molar-refractivity contribution in [2.45, 2.75) is 37.7 Å². The number of nitrogens with two attached hydrogens (primary N) is 1. The lowest BCUT2D eigenvalue weighted by Crippen LogP contribution is -2.36. The number of aromatic nitrogens is 2. The monoisotopic (exact) mass is 533 g/mol. The molecule has 7 heteroatoms. The zero-order chi connectivity index (χ0) is 27.6. The molecule has 1 saturated carbocycles. The van der Waals surface area contributed by atoms with Crippen LogP contribution >= 0.6 is 0 Å². The summed E-state index contributed by atoms with van der Waals surface area (Å²) in [7, 11) is 0. The maximum absolute atomic E-state index is 13.4. The molecule has 40 heavy (non-hydrogen) atoms. The van der Waals surface area contributed by atoms with Crippen LogP contribution in [0, 0.1) is 11.8 Å². The number of hydrogen-bond acceptors (Lipinski definition) is 5. The smallest absolute Gasteiger partial charge is 0.252 e. The number of aliphatic hydroxyl groups excluding tert-OH is 1. The summed E-state index contributed by atoms with van der Waals surface area (Å²) in [5.41, 5.74) is 12.8. The minimum atomic E-state index is -0.808. The van der Waals surface area contributed by atoms with Gasteiger partial charge in [-0.25, -0.2) is 4.98 Å². The summed E-state index contributed by atoms with van der Waals surface area (Å²) < 4.78 is 0. The number of pyridine rings is 1. The first-order valence-corrected chi connectivity index (χ1v) is 14.1. The average Bonchev–Trinajstić information content (AvgIpc) is 3.57. The highest BCUT2D eigenvalue weighted by atomic mass is 16.3. The van der Waals surface area contributed by atoms with Gasteiger partial charge in [-0.2, -0.15) is 0 Å². The standard InChI is InChI=1S/C33H35N5O2/c1-21-14-25(21)23-8-10-30-27(16-23)29(20-35-30)32-17-28(33(40)36-19-24(39)18-34)26-15-22(7-9-31(26)37-32)6-5-13-38-11-3-2-4-12-38/h7-10,15-17,20,24-25,35,39H,1-4,11-14,18-19,34H2,(H,36,40). The predicted octanol–water partition coefficient (Wildman–Crippen LogP) is 4.31. The van der Waals surface area contributed by atoms with Crippen LogP contribution in [-0.4, -0.2) is 64.7 Å². The van der Waals surface area contributed by atoms with Crippen LogP contribution in [-0.2, 0) is 0 Å². The largest absolute Gasteiger partial charge is 0.390 e. The van der Waals surface area contributed by atoms with Gasteiger partial charge in [-0.3, -0.25) is 9.69 Å². The van der Waals surface area contributed by atoms with Crippen molar-refractivity contribution < 1.29 is 9.90 Å². The second-order valence-corrected chi connectivity index (χ2v) is 10.9. The molecule has 2 atom stereocenters. The van der Waals surface area contributed by atoms with Crippen LogP contribution < -0.4 is 11.1 Å². The van der Waals surface area contributed by atoms with Crippen molar-refractivity contribution in [2.24, 2.45) is 5.73 Å². The molecule has 0 spiro atoms. The first-order chi connectivity index (χ1) is 19.5. The van der Waals surface area contributed by atoms with E-state index in [-0.39, 0.29) is 19.0 Å². The molecule has 1 aliphatic carbocycles. The first-order valence-electron chi connectivity index (χ1n) is 14.1. The van der Waals surface area contributed by atoms with E-state index in [0.29, 0.717) is 22.7 Å². The number of piperidine rings is 1. The Hall–Kier alpha value is -3.96. The molecule has 0 bridgehead atoms. The van der Waals surface area contributed by atoms with Gasteiger partial charge < -0.3 is 21.1 Å².